The SMILES string of the molecule is c1cc(CNC2CCN3CCCCC23)ncn1. The van der Waals surface area contributed by atoms with Gasteiger partial charge in [0.2, 0.25) is 0 Å². The van der Waals surface area contributed by atoms with Crippen molar-refractivity contribution in [3.63, 3.8) is 0 Å². The fraction of sp³-hybridized carbons (Fsp3) is 0.692. The summed E-state index contributed by atoms with van der Waals surface area (Å²) in [6, 6.07) is 3.41. The molecule has 1 aromatic rings. The lowest BCUT2D eigenvalue weighted by Gasteiger charge is -2.32. The highest BCUT2D eigenvalue weighted by Crippen LogP contribution is 2.27. The molecular formula is C13H20N4. The molecule has 0 amide bonds. The zero-order valence-electron chi connectivity index (χ0n) is 10.2. The zero-order chi connectivity index (χ0) is 11.5. The Hall–Kier alpha value is -1.00. The summed E-state index contributed by atoms with van der Waals surface area (Å²) in [7, 11) is 0. The van der Waals surface area contributed by atoms with Crippen molar-refractivity contribution >= 4 is 0 Å². The molecule has 2 aliphatic rings. The molecule has 0 spiro atoms. The molecule has 4 nitrogen and oxygen atoms in total. The van der Waals surface area contributed by atoms with Gasteiger partial charge < -0.3 is 5.32 Å². The molecule has 3 heterocycles. The summed E-state index contributed by atoms with van der Waals surface area (Å²) in [6.45, 7) is 3.44. The molecular weight excluding hydrogens is 212 g/mol. The fourth-order valence-corrected chi connectivity index (χ4v) is 3.14. The third kappa shape index (κ3) is 2.48. The van der Waals surface area contributed by atoms with Crippen LogP contribution in [0, 0.1) is 0 Å². The maximum atomic E-state index is 4.26. The molecule has 2 fully saturated rings. The van der Waals surface area contributed by atoms with Gasteiger partial charge >= 0.3 is 0 Å². The summed E-state index contributed by atoms with van der Waals surface area (Å²) in [6.07, 6.45) is 8.86. The van der Waals surface area contributed by atoms with Crippen molar-refractivity contribution in [1.29, 1.82) is 0 Å². The molecule has 2 unspecified atom stereocenters. The van der Waals surface area contributed by atoms with Crippen LogP contribution in [0.5, 0.6) is 0 Å². The molecule has 2 atom stereocenters. The summed E-state index contributed by atoms with van der Waals surface area (Å²) in [5.74, 6) is 0. The Labute approximate surface area is 102 Å². The Bertz CT molecular complexity index is 354. The van der Waals surface area contributed by atoms with Gasteiger partial charge in [-0.15, -0.1) is 0 Å². The number of aromatic nitrogens is 2. The number of rotatable bonds is 3. The van der Waals surface area contributed by atoms with Crippen LogP contribution >= 0.6 is 0 Å². The molecule has 4 heteroatoms. The van der Waals surface area contributed by atoms with Gasteiger partial charge in [-0.2, -0.15) is 0 Å². The van der Waals surface area contributed by atoms with Crippen LogP contribution in [-0.4, -0.2) is 40.0 Å². The molecule has 0 saturated carbocycles. The van der Waals surface area contributed by atoms with Crippen LogP contribution in [0.4, 0.5) is 0 Å². The lowest BCUT2D eigenvalue weighted by Crippen LogP contribution is -2.44. The molecule has 1 N–H and O–H groups in total. The van der Waals surface area contributed by atoms with Gasteiger partial charge in [0.15, 0.2) is 0 Å². The van der Waals surface area contributed by atoms with Crippen LogP contribution in [0.1, 0.15) is 31.4 Å². The Morgan fingerprint density at radius 1 is 1.29 bits per heavy atom. The van der Waals surface area contributed by atoms with Gasteiger partial charge in [-0.1, -0.05) is 6.42 Å². The third-order valence-electron chi connectivity index (χ3n) is 4.04. The highest BCUT2D eigenvalue weighted by atomic mass is 15.2. The van der Waals surface area contributed by atoms with Crippen LogP contribution in [0.2, 0.25) is 0 Å². The van der Waals surface area contributed by atoms with E-state index in [9.17, 15) is 0 Å². The average Bonchev–Trinajstić information content (AvgIpc) is 2.81. The van der Waals surface area contributed by atoms with Crippen molar-refractivity contribution in [3.8, 4) is 0 Å². The Kier molecular flexibility index (Phi) is 3.34. The number of nitrogens with zero attached hydrogens (tertiary/aromatic N) is 3. The number of piperidine rings is 1. The molecule has 0 radical (unpaired) electrons. The van der Waals surface area contributed by atoms with Gasteiger partial charge in [-0.05, 0) is 31.9 Å². The number of fused-ring (bicyclic) bond motifs is 1. The maximum Gasteiger partial charge on any atom is 0.115 e. The Morgan fingerprint density at radius 2 is 2.29 bits per heavy atom. The lowest BCUT2D eigenvalue weighted by atomic mass is 9.99. The smallest absolute Gasteiger partial charge is 0.115 e. The van der Waals surface area contributed by atoms with Crippen LogP contribution in [-0.2, 0) is 6.54 Å². The molecule has 2 aliphatic heterocycles. The van der Waals surface area contributed by atoms with Gasteiger partial charge in [-0.3, -0.25) is 4.90 Å². The van der Waals surface area contributed by atoms with Crippen molar-refractivity contribution in [1.82, 2.24) is 20.2 Å². The minimum atomic E-state index is 0.658. The van der Waals surface area contributed by atoms with E-state index >= 15 is 0 Å². The second kappa shape index (κ2) is 5.10. The zero-order valence-corrected chi connectivity index (χ0v) is 10.2. The topological polar surface area (TPSA) is 41.0 Å². The van der Waals surface area contributed by atoms with Crippen molar-refractivity contribution in [2.24, 2.45) is 0 Å². The molecule has 17 heavy (non-hydrogen) atoms. The second-order valence-electron chi connectivity index (χ2n) is 5.08. The normalized spacial score (nSPS) is 29.2. The molecule has 92 valence electrons. The first kappa shape index (κ1) is 11.1. The quantitative estimate of drug-likeness (QED) is 0.850. The van der Waals surface area contributed by atoms with E-state index in [-0.39, 0.29) is 0 Å². The second-order valence-corrected chi connectivity index (χ2v) is 5.08. The molecule has 2 saturated heterocycles. The minimum absolute atomic E-state index is 0.658. The first-order valence-electron chi connectivity index (χ1n) is 6.66. The van der Waals surface area contributed by atoms with Crippen LogP contribution < -0.4 is 5.32 Å². The Morgan fingerprint density at radius 3 is 3.18 bits per heavy atom. The fourth-order valence-electron chi connectivity index (χ4n) is 3.14. The van der Waals surface area contributed by atoms with Crippen LogP contribution in [0.15, 0.2) is 18.6 Å². The van der Waals surface area contributed by atoms with E-state index in [0.29, 0.717) is 6.04 Å². The Balaban J connectivity index is 1.55. The summed E-state index contributed by atoms with van der Waals surface area (Å²) in [5.41, 5.74) is 1.09. The monoisotopic (exact) mass is 232 g/mol. The molecule has 3 rings (SSSR count). The highest BCUT2D eigenvalue weighted by Gasteiger charge is 2.34. The first-order chi connectivity index (χ1) is 8.43. The molecule has 0 aromatic carbocycles. The average molecular weight is 232 g/mol. The lowest BCUT2D eigenvalue weighted by molar-refractivity contribution is 0.180. The van der Waals surface area contributed by atoms with Gasteiger partial charge in [0.25, 0.3) is 0 Å². The van der Waals surface area contributed by atoms with E-state index in [1.54, 1.807) is 6.33 Å². The summed E-state index contributed by atoms with van der Waals surface area (Å²) in [5, 5.41) is 3.67. The van der Waals surface area contributed by atoms with Crippen molar-refractivity contribution in [2.45, 2.75) is 44.3 Å². The van der Waals surface area contributed by atoms with E-state index in [1.165, 1.54) is 38.8 Å². The third-order valence-corrected chi connectivity index (χ3v) is 4.04. The van der Waals surface area contributed by atoms with E-state index in [2.05, 4.69) is 20.2 Å². The number of hydrogen-bond acceptors (Lipinski definition) is 4. The van der Waals surface area contributed by atoms with Crippen molar-refractivity contribution in [2.75, 3.05) is 13.1 Å². The molecule has 0 aliphatic carbocycles. The van der Waals surface area contributed by atoms with Gasteiger partial charge in [0, 0.05) is 31.4 Å². The van der Waals surface area contributed by atoms with E-state index in [4.69, 9.17) is 0 Å². The van der Waals surface area contributed by atoms with Gasteiger partial charge in [0.1, 0.15) is 6.33 Å². The predicted molar refractivity (Wildman–Crippen MR) is 66.5 cm³/mol. The van der Waals surface area contributed by atoms with Gasteiger partial charge in [0.05, 0.1) is 5.69 Å². The maximum absolute atomic E-state index is 4.26. The minimum Gasteiger partial charge on any atom is -0.307 e. The summed E-state index contributed by atoms with van der Waals surface area (Å²) >= 11 is 0. The highest BCUT2D eigenvalue weighted by molar-refractivity contribution is 5.00. The molecule has 1 aromatic heterocycles. The standard InChI is InChI=1S/C13H20N4/c1-2-7-17-8-5-12(13(17)3-1)15-9-11-4-6-14-10-16-11/h4,6,10,12-13,15H,1-3,5,7-9H2. The number of hydrogen-bond donors (Lipinski definition) is 1. The van der Waals surface area contributed by atoms with Crippen LogP contribution in [0.3, 0.4) is 0 Å². The van der Waals surface area contributed by atoms with E-state index in [0.717, 1.165) is 18.3 Å². The molecule has 0 bridgehead atoms. The predicted octanol–water partition coefficient (Wildman–Crippen LogP) is 1.19. The van der Waals surface area contributed by atoms with Gasteiger partial charge in [-0.25, -0.2) is 9.97 Å². The largest absolute Gasteiger partial charge is 0.307 e. The number of nitrogens with one attached hydrogen (secondary N) is 1. The summed E-state index contributed by atoms with van der Waals surface area (Å²) in [4.78, 5) is 10.9. The van der Waals surface area contributed by atoms with E-state index < -0.39 is 0 Å². The van der Waals surface area contributed by atoms with Crippen molar-refractivity contribution < 1.29 is 0 Å². The van der Waals surface area contributed by atoms with Crippen molar-refractivity contribution in [3.05, 3.63) is 24.3 Å². The summed E-state index contributed by atoms with van der Waals surface area (Å²) < 4.78 is 0. The first-order valence-corrected chi connectivity index (χ1v) is 6.66. The van der Waals surface area contributed by atoms with E-state index in [1.807, 2.05) is 12.3 Å². The van der Waals surface area contributed by atoms with Crippen LogP contribution in [0.25, 0.3) is 0 Å².